The summed E-state index contributed by atoms with van der Waals surface area (Å²) in [5.74, 6) is 0.292. The smallest absolute Gasteiger partial charge is 0.306 e. The lowest BCUT2D eigenvalue weighted by Crippen LogP contribution is -2.25. The van der Waals surface area contributed by atoms with Crippen LogP contribution in [0.5, 0.6) is 0 Å². The van der Waals surface area contributed by atoms with Crippen molar-refractivity contribution in [2.24, 2.45) is 5.92 Å². The van der Waals surface area contributed by atoms with Crippen LogP contribution in [-0.2, 0) is 22.4 Å². The van der Waals surface area contributed by atoms with Gasteiger partial charge in [0, 0.05) is 12.6 Å². The molecule has 0 saturated heterocycles. The number of carbonyl (C=O) groups is 1. The summed E-state index contributed by atoms with van der Waals surface area (Å²) in [5, 5.41) is 0.550. The summed E-state index contributed by atoms with van der Waals surface area (Å²) in [6, 6.07) is 1.95. The Morgan fingerprint density at radius 1 is 1.35 bits per heavy atom. The van der Waals surface area contributed by atoms with Crippen LogP contribution in [-0.4, -0.2) is 16.6 Å². The van der Waals surface area contributed by atoms with Crippen molar-refractivity contribution < 1.29 is 9.53 Å². The third kappa shape index (κ3) is 4.48. The zero-order valence-electron chi connectivity index (χ0n) is 12.4. The summed E-state index contributed by atoms with van der Waals surface area (Å²) in [6.45, 7) is 5.71. The van der Waals surface area contributed by atoms with Gasteiger partial charge >= 0.3 is 5.97 Å². The number of pyridine rings is 1. The average molecular weight is 296 g/mol. The second kappa shape index (κ2) is 6.13. The van der Waals surface area contributed by atoms with Crippen molar-refractivity contribution >= 4 is 17.6 Å². The van der Waals surface area contributed by atoms with Crippen molar-refractivity contribution in [3.05, 3.63) is 28.5 Å². The SMILES string of the molecule is CC(C)(C)OC(=O)CC1CCc2cnc(Cl)cc2CC1. The Morgan fingerprint density at radius 3 is 2.65 bits per heavy atom. The van der Waals surface area contributed by atoms with E-state index in [9.17, 15) is 4.79 Å². The Hall–Kier alpha value is -1.09. The minimum Gasteiger partial charge on any atom is -0.460 e. The summed E-state index contributed by atoms with van der Waals surface area (Å²) >= 11 is 5.94. The number of aromatic nitrogens is 1. The van der Waals surface area contributed by atoms with Crippen LogP contribution in [0, 0.1) is 5.92 Å². The van der Waals surface area contributed by atoms with Crippen molar-refractivity contribution in [1.82, 2.24) is 4.98 Å². The number of esters is 1. The van der Waals surface area contributed by atoms with E-state index in [4.69, 9.17) is 16.3 Å². The van der Waals surface area contributed by atoms with Crippen molar-refractivity contribution in [1.29, 1.82) is 0 Å². The molecule has 1 aromatic heterocycles. The molecule has 110 valence electrons. The van der Waals surface area contributed by atoms with E-state index >= 15 is 0 Å². The highest BCUT2D eigenvalue weighted by Gasteiger charge is 2.23. The number of halogens is 1. The minimum atomic E-state index is -0.401. The molecular weight excluding hydrogens is 274 g/mol. The van der Waals surface area contributed by atoms with E-state index in [1.807, 2.05) is 33.0 Å². The van der Waals surface area contributed by atoms with Crippen LogP contribution in [0.1, 0.15) is 51.2 Å². The van der Waals surface area contributed by atoms with Crippen LogP contribution in [0.4, 0.5) is 0 Å². The van der Waals surface area contributed by atoms with Gasteiger partial charge in [-0.15, -0.1) is 0 Å². The Bertz CT molecular complexity index is 494. The normalized spacial score (nSPS) is 19.1. The molecule has 1 aromatic rings. The van der Waals surface area contributed by atoms with E-state index in [0.29, 0.717) is 17.5 Å². The molecule has 1 unspecified atom stereocenters. The third-order valence-corrected chi connectivity index (χ3v) is 3.78. The number of hydrogen-bond acceptors (Lipinski definition) is 3. The van der Waals surface area contributed by atoms with Gasteiger partial charge in [0.15, 0.2) is 0 Å². The van der Waals surface area contributed by atoms with E-state index in [1.165, 1.54) is 11.1 Å². The number of carbonyl (C=O) groups excluding carboxylic acids is 1. The molecule has 1 heterocycles. The van der Waals surface area contributed by atoms with E-state index in [2.05, 4.69) is 4.98 Å². The van der Waals surface area contributed by atoms with E-state index in [-0.39, 0.29) is 5.97 Å². The molecule has 3 nitrogen and oxygen atoms in total. The highest BCUT2D eigenvalue weighted by Crippen LogP contribution is 2.28. The number of ether oxygens (including phenoxy) is 1. The summed E-state index contributed by atoms with van der Waals surface area (Å²) in [6.07, 6.45) is 6.32. The highest BCUT2D eigenvalue weighted by molar-refractivity contribution is 6.29. The van der Waals surface area contributed by atoms with Gasteiger partial charge < -0.3 is 4.74 Å². The van der Waals surface area contributed by atoms with E-state index in [0.717, 1.165) is 25.7 Å². The lowest BCUT2D eigenvalue weighted by Gasteiger charge is -2.21. The fraction of sp³-hybridized carbons (Fsp3) is 0.625. The van der Waals surface area contributed by atoms with Gasteiger partial charge in [0.2, 0.25) is 0 Å². The first-order chi connectivity index (χ1) is 9.33. The Morgan fingerprint density at radius 2 is 2.00 bits per heavy atom. The topological polar surface area (TPSA) is 39.2 Å². The van der Waals surface area contributed by atoms with Crippen LogP contribution in [0.2, 0.25) is 5.15 Å². The molecule has 20 heavy (non-hydrogen) atoms. The molecule has 0 N–H and O–H groups in total. The molecule has 0 spiro atoms. The first kappa shape index (κ1) is 15.3. The largest absolute Gasteiger partial charge is 0.460 e. The molecule has 0 fully saturated rings. The zero-order valence-corrected chi connectivity index (χ0v) is 13.2. The summed E-state index contributed by atoms with van der Waals surface area (Å²) in [5.41, 5.74) is 2.14. The second-order valence-electron chi connectivity index (χ2n) is 6.51. The van der Waals surface area contributed by atoms with Crippen molar-refractivity contribution in [2.75, 3.05) is 0 Å². The zero-order chi connectivity index (χ0) is 14.8. The van der Waals surface area contributed by atoms with Crippen LogP contribution in [0.25, 0.3) is 0 Å². The molecule has 0 amide bonds. The molecule has 0 saturated carbocycles. The van der Waals surface area contributed by atoms with E-state index < -0.39 is 5.60 Å². The Labute approximate surface area is 125 Å². The minimum absolute atomic E-state index is 0.0930. The van der Waals surface area contributed by atoms with Gasteiger partial charge in [0.25, 0.3) is 0 Å². The summed E-state index contributed by atoms with van der Waals surface area (Å²) in [4.78, 5) is 16.1. The molecular formula is C16H22ClNO2. The molecule has 4 heteroatoms. The number of hydrogen-bond donors (Lipinski definition) is 0. The molecule has 0 aliphatic heterocycles. The van der Waals surface area contributed by atoms with Crippen LogP contribution in [0.15, 0.2) is 12.3 Å². The third-order valence-electron chi connectivity index (χ3n) is 3.57. The molecule has 1 aliphatic rings. The van der Waals surface area contributed by atoms with Gasteiger partial charge in [0.1, 0.15) is 10.8 Å². The predicted octanol–water partition coefficient (Wildman–Crippen LogP) is 3.96. The lowest BCUT2D eigenvalue weighted by molar-refractivity contribution is -0.156. The maximum atomic E-state index is 11.9. The van der Waals surface area contributed by atoms with Crippen molar-refractivity contribution in [3.63, 3.8) is 0 Å². The molecule has 1 aliphatic carbocycles. The van der Waals surface area contributed by atoms with Crippen molar-refractivity contribution in [3.8, 4) is 0 Å². The van der Waals surface area contributed by atoms with Crippen LogP contribution in [0.3, 0.4) is 0 Å². The van der Waals surface area contributed by atoms with Gasteiger partial charge in [-0.3, -0.25) is 4.79 Å². The fourth-order valence-corrected chi connectivity index (χ4v) is 2.82. The monoisotopic (exact) mass is 295 g/mol. The Kier molecular flexibility index (Phi) is 4.69. The lowest BCUT2D eigenvalue weighted by atomic mass is 9.96. The van der Waals surface area contributed by atoms with Gasteiger partial charge in [-0.05, 0) is 69.6 Å². The average Bonchev–Trinajstić information content (AvgIpc) is 2.49. The van der Waals surface area contributed by atoms with Gasteiger partial charge in [-0.2, -0.15) is 0 Å². The molecule has 0 radical (unpaired) electrons. The first-order valence-corrected chi connectivity index (χ1v) is 7.56. The number of rotatable bonds is 2. The molecule has 2 rings (SSSR count). The maximum Gasteiger partial charge on any atom is 0.306 e. The molecule has 1 atom stereocenters. The standard InChI is InChI=1S/C16H22ClNO2/c1-16(2,3)20-15(19)8-11-4-6-12-9-14(17)18-10-13(12)7-5-11/h9-11H,4-8H2,1-3H3. The van der Waals surface area contributed by atoms with Gasteiger partial charge in [-0.1, -0.05) is 11.6 Å². The van der Waals surface area contributed by atoms with Gasteiger partial charge in [-0.25, -0.2) is 4.98 Å². The number of nitrogens with zero attached hydrogens (tertiary/aromatic N) is 1. The van der Waals surface area contributed by atoms with E-state index in [1.54, 1.807) is 0 Å². The summed E-state index contributed by atoms with van der Waals surface area (Å²) in [7, 11) is 0. The highest BCUT2D eigenvalue weighted by atomic mass is 35.5. The fourth-order valence-electron chi connectivity index (χ4n) is 2.64. The number of fused-ring (bicyclic) bond motifs is 1. The van der Waals surface area contributed by atoms with Gasteiger partial charge in [0.05, 0.1) is 0 Å². The number of aryl methyl sites for hydroxylation is 2. The van der Waals surface area contributed by atoms with Crippen molar-refractivity contribution in [2.45, 2.75) is 58.5 Å². The maximum absolute atomic E-state index is 11.9. The second-order valence-corrected chi connectivity index (χ2v) is 6.90. The predicted molar refractivity (Wildman–Crippen MR) is 79.8 cm³/mol. The summed E-state index contributed by atoms with van der Waals surface area (Å²) < 4.78 is 5.41. The molecule has 0 bridgehead atoms. The van der Waals surface area contributed by atoms with Crippen LogP contribution < -0.4 is 0 Å². The Balaban J connectivity index is 1.94. The first-order valence-electron chi connectivity index (χ1n) is 7.18. The quantitative estimate of drug-likeness (QED) is 0.471. The van der Waals surface area contributed by atoms with Crippen LogP contribution >= 0.6 is 11.6 Å². The molecule has 0 aromatic carbocycles.